The zero-order valence-electron chi connectivity index (χ0n) is 12.4. The molecule has 20 heavy (non-hydrogen) atoms. The topological polar surface area (TPSA) is 0 Å². The lowest BCUT2D eigenvalue weighted by molar-refractivity contribution is 0.684. The second kappa shape index (κ2) is 7.50. The molecule has 106 valence electrons. The van der Waals surface area contributed by atoms with E-state index in [1.54, 1.807) is 0 Å². The van der Waals surface area contributed by atoms with Gasteiger partial charge in [-0.15, -0.1) is 11.6 Å². The lowest BCUT2D eigenvalue weighted by atomic mass is 9.98. The van der Waals surface area contributed by atoms with E-state index in [9.17, 15) is 0 Å². The molecule has 0 aromatic heterocycles. The van der Waals surface area contributed by atoms with Gasteiger partial charge in [-0.05, 0) is 56.2 Å². The Bertz CT molecular complexity index is 531. The number of hydrogen-bond acceptors (Lipinski definition) is 0. The smallest absolute Gasteiger partial charge is 0.0376 e. The van der Waals surface area contributed by atoms with E-state index in [1.165, 1.54) is 22.3 Å². The summed E-state index contributed by atoms with van der Waals surface area (Å²) in [5.41, 5.74) is 5.47. The zero-order valence-corrected chi connectivity index (χ0v) is 13.2. The SMILES string of the molecule is Cc1ccc(C)c(CC(Cl)CCCc2ccccc2)c1. The molecular formula is C19H23Cl. The summed E-state index contributed by atoms with van der Waals surface area (Å²) >= 11 is 6.51. The van der Waals surface area contributed by atoms with Crippen molar-refractivity contribution in [3.05, 3.63) is 70.8 Å². The average Bonchev–Trinajstić information content (AvgIpc) is 2.44. The molecule has 0 nitrogen and oxygen atoms in total. The predicted molar refractivity (Wildman–Crippen MR) is 88.6 cm³/mol. The molecule has 1 atom stereocenters. The first kappa shape index (κ1) is 15.1. The van der Waals surface area contributed by atoms with Gasteiger partial charge in [-0.3, -0.25) is 0 Å². The summed E-state index contributed by atoms with van der Waals surface area (Å²) in [6.45, 7) is 4.31. The highest BCUT2D eigenvalue weighted by Gasteiger charge is 2.08. The Morgan fingerprint density at radius 3 is 2.50 bits per heavy atom. The monoisotopic (exact) mass is 286 g/mol. The summed E-state index contributed by atoms with van der Waals surface area (Å²) in [7, 11) is 0. The van der Waals surface area contributed by atoms with Gasteiger partial charge in [0, 0.05) is 5.38 Å². The third-order valence-corrected chi connectivity index (χ3v) is 4.14. The van der Waals surface area contributed by atoms with Crippen LogP contribution in [0.25, 0.3) is 0 Å². The van der Waals surface area contributed by atoms with Crippen molar-refractivity contribution in [1.29, 1.82) is 0 Å². The number of hydrogen-bond donors (Lipinski definition) is 0. The Balaban J connectivity index is 1.80. The van der Waals surface area contributed by atoms with Gasteiger partial charge in [0.05, 0.1) is 0 Å². The van der Waals surface area contributed by atoms with E-state index in [-0.39, 0.29) is 5.38 Å². The maximum absolute atomic E-state index is 6.51. The van der Waals surface area contributed by atoms with E-state index in [4.69, 9.17) is 11.6 Å². The number of alkyl halides is 1. The summed E-state index contributed by atoms with van der Waals surface area (Å²) in [5.74, 6) is 0. The lowest BCUT2D eigenvalue weighted by Crippen LogP contribution is -2.05. The van der Waals surface area contributed by atoms with Gasteiger partial charge in [0.25, 0.3) is 0 Å². The Labute approximate surface area is 127 Å². The van der Waals surface area contributed by atoms with Crippen molar-refractivity contribution < 1.29 is 0 Å². The van der Waals surface area contributed by atoms with Crippen LogP contribution in [0.5, 0.6) is 0 Å². The highest BCUT2D eigenvalue weighted by Crippen LogP contribution is 2.19. The molecule has 0 heterocycles. The minimum atomic E-state index is 0.235. The molecular weight excluding hydrogens is 264 g/mol. The number of aryl methyl sites for hydroxylation is 3. The lowest BCUT2D eigenvalue weighted by Gasteiger charge is -2.12. The quantitative estimate of drug-likeness (QED) is 0.617. The molecule has 2 rings (SSSR count). The van der Waals surface area contributed by atoms with Crippen molar-refractivity contribution in [2.45, 2.75) is 44.9 Å². The fraction of sp³-hybridized carbons (Fsp3) is 0.368. The van der Waals surface area contributed by atoms with Crippen molar-refractivity contribution in [3.8, 4) is 0 Å². The van der Waals surface area contributed by atoms with Crippen LogP contribution in [-0.2, 0) is 12.8 Å². The second-order valence-corrected chi connectivity index (χ2v) is 6.23. The van der Waals surface area contributed by atoms with E-state index < -0.39 is 0 Å². The number of rotatable bonds is 6. The van der Waals surface area contributed by atoms with Crippen LogP contribution in [-0.4, -0.2) is 5.38 Å². The molecule has 0 aliphatic heterocycles. The molecule has 0 N–H and O–H groups in total. The molecule has 0 fully saturated rings. The van der Waals surface area contributed by atoms with E-state index >= 15 is 0 Å². The number of halogens is 1. The van der Waals surface area contributed by atoms with Gasteiger partial charge in [-0.1, -0.05) is 54.1 Å². The van der Waals surface area contributed by atoms with E-state index in [1.807, 2.05) is 0 Å². The van der Waals surface area contributed by atoms with Crippen LogP contribution < -0.4 is 0 Å². The Hall–Kier alpha value is -1.27. The Kier molecular flexibility index (Phi) is 5.67. The fourth-order valence-corrected chi connectivity index (χ4v) is 2.85. The van der Waals surface area contributed by atoms with Crippen LogP contribution in [0, 0.1) is 13.8 Å². The van der Waals surface area contributed by atoms with Gasteiger partial charge in [-0.2, -0.15) is 0 Å². The second-order valence-electron chi connectivity index (χ2n) is 5.61. The standard InChI is InChI=1S/C19H23Cl/c1-15-11-12-16(2)18(13-15)14-19(20)10-6-9-17-7-4-3-5-8-17/h3-5,7-8,11-13,19H,6,9-10,14H2,1-2H3. The molecule has 0 amide bonds. The van der Waals surface area contributed by atoms with Crippen molar-refractivity contribution in [3.63, 3.8) is 0 Å². The van der Waals surface area contributed by atoms with Crippen molar-refractivity contribution in [2.75, 3.05) is 0 Å². The molecule has 0 saturated carbocycles. The zero-order chi connectivity index (χ0) is 14.4. The van der Waals surface area contributed by atoms with E-state index in [2.05, 4.69) is 62.4 Å². The molecule has 0 aliphatic rings. The summed E-state index contributed by atoms with van der Waals surface area (Å²) in [6, 6.07) is 17.3. The van der Waals surface area contributed by atoms with Gasteiger partial charge in [0.2, 0.25) is 0 Å². The predicted octanol–water partition coefficient (Wildman–Crippen LogP) is 5.48. The first-order chi connectivity index (χ1) is 9.65. The third kappa shape index (κ3) is 4.68. The van der Waals surface area contributed by atoms with Crippen LogP contribution in [0.4, 0.5) is 0 Å². The molecule has 1 heteroatoms. The maximum atomic E-state index is 6.51. The maximum Gasteiger partial charge on any atom is 0.0376 e. The molecule has 0 spiro atoms. The van der Waals surface area contributed by atoms with E-state index in [0.717, 1.165) is 25.7 Å². The first-order valence-electron chi connectivity index (χ1n) is 7.39. The minimum Gasteiger partial charge on any atom is -0.123 e. The minimum absolute atomic E-state index is 0.235. The van der Waals surface area contributed by atoms with Gasteiger partial charge in [0.15, 0.2) is 0 Å². The van der Waals surface area contributed by atoms with E-state index in [0.29, 0.717) is 0 Å². The van der Waals surface area contributed by atoms with Crippen LogP contribution in [0.2, 0.25) is 0 Å². The molecule has 0 aliphatic carbocycles. The third-order valence-electron chi connectivity index (χ3n) is 3.77. The summed E-state index contributed by atoms with van der Waals surface area (Å²) in [6.07, 6.45) is 4.33. The van der Waals surface area contributed by atoms with Gasteiger partial charge in [0.1, 0.15) is 0 Å². The van der Waals surface area contributed by atoms with Gasteiger partial charge in [-0.25, -0.2) is 0 Å². The van der Waals surface area contributed by atoms with Crippen LogP contribution >= 0.6 is 11.6 Å². The van der Waals surface area contributed by atoms with Crippen LogP contribution in [0.3, 0.4) is 0 Å². The summed E-state index contributed by atoms with van der Waals surface area (Å²) in [4.78, 5) is 0. The fourth-order valence-electron chi connectivity index (χ4n) is 2.53. The molecule has 0 saturated heterocycles. The van der Waals surface area contributed by atoms with Crippen molar-refractivity contribution >= 4 is 11.6 Å². The molecule has 0 radical (unpaired) electrons. The molecule has 2 aromatic rings. The van der Waals surface area contributed by atoms with Crippen molar-refractivity contribution in [2.24, 2.45) is 0 Å². The van der Waals surface area contributed by atoms with Crippen LogP contribution in [0.15, 0.2) is 48.5 Å². The van der Waals surface area contributed by atoms with Gasteiger partial charge >= 0.3 is 0 Å². The molecule has 0 bridgehead atoms. The Morgan fingerprint density at radius 1 is 1.00 bits per heavy atom. The largest absolute Gasteiger partial charge is 0.123 e. The molecule has 2 aromatic carbocycles. The average molecular weight is 287 g/mol. The van der Waals surface area contributed by atoms with Gasteiger partial charge < -0.3 is 0 Å². The highest BCUT2D eigenvalue weighted by molar-refractivity contribution is 6.20. The first-order valence-corrected chi connectivity index (χ1v) is 7.83. The number of benzene rings is 2. The molecule has 1 unspecified atom stereocenters. The van der Waals surface area contributed by atoms with Crippen molar-refractivity contribution in [1.82, 2.24) is 0 Å². The van der Waals surface area contributed by atoms with Crippen LogP contribution in [0.1, 0.15) is 35.1 Å². The summed E-state index contributed by atoms with van der Waals surface area (Å²) < 4.78 is 0. The Morgan fingerprint density at radius 2 is 1.75 bits per heavy atom. The highest BCUT2D eigenvalue weighted by atomic mass is 35.5. The summed E-state index contributed by atoms with van der Waals surface area (Å²) in [5, 5.41) is 0.235. The normalized spacial score (nSPS) is 12.3.